The van der Waals surface area contributed by atoms with Crippen LogP contribution in [0.25, 0.3) is 0 Å². The molecule has 2 rings (SSSR count). The fourth-order valence-corrected chi connectivity index (χ4v) is 2.11. The van der Waals surface area contributed by atoms with Crippen molar-refractivity contribution in [3.8, 4) is 11.5 Å². The van der Waals surface area contributed by atoms with Crippen molar-refractivity contribution in [1.29, 1.82) is 0 Å². The van der Waals surface area contributed by atoms with Crippen molar-refractivity contribution < 1.29 is 23.8 Å². The minimum atomic E-state index is -0.619. The van der Waals surface area contributed by atoms with Crippen LogP contribution >= 0.6 is 0 Å². The van der Waals surface area contributed by atoms with Gasteiger partial charge in [0.25, 0.3) is 0 Å². The number of hydrogen-bond acceptors (Lipinski definition) is 6. The number of ether oxygens (including phenoxy) is 3. The average Bonchev–Trinajstić information content (AvgIpc) is 2.51. The summed E-state index contributed by atoms with van der Waals surface area (Å²) in [5.74, 6) is 0.604. The molecule has 1 aromatic rings. The molecule has 6 heteroatoms. The first-order chi connectivity index (χ1) is 10.2. The molecule has 6 nitrogen and oxygen atoms in total. The van der Waals surface area contributed by atoms with Gasteiger partial charge >= 0.3 is 5.97 Å². The summed E-state index contributed by atoms with van der Waals surface area (Å²) in [6.07, 6.45) is -0.00237. The van der Waals surface area contributed by atoms with Crippen LogP contribution in [0.15, 0.2) is 18.2 Å². The minimum absolute atomic E-state index is 0.00237. The molecule has 0 radical (unpaired) electrons. The fourth-order valence-electron chi connectivity index (χ4n) is 2.11. The Kier molecular flexibility index (Phi) is 5.16. The third-order valence-corrected chi connectivity index (χ3v) is 3.17. The molecule has 0 spiro atoms. The molecule has 1 aliphatic heterocycles. The third kappa shape index (κ3) is 3.72. The maximum atomic E-state index is 12.4. The number of hydrogen-bond donors (Lipinski definition) is 1. The van der Waals surface area contributed by atoms with Gasteiger partial charge in [-0.2, -0.15) is 0 Å². The van der Waals surface area contributed by atoms with Crippen LogP contribution in [0, 0.1) is 0 Å². The van der Waals surface area contributed by atoms with Crippen LogP contribution in [0.3, 0.4) is 0 Å². The van der Waals surface area contributed by atoms with Gasteiger partial charge in [0.2, 0.25) is 0 Å². The van der Waals surface area contributed by atoms with E-state index in [1.165, 1.54) is 0 Å². The first-order valence-electron chi connectivity index (χ1n) is 6.92. The lowest BCUT2D eigenvalue weighted by Gasteiger charge is -2.20. The van der Waals surface area contributed by atoms with Gasteiger partial charge in [-0.15, -0.1) is 0 Å². The number of Topliss-reactive ketones (excluding diaryl/α,β-unsaturated/α-hetero) is 1. The SMILES string of the molecule is CCOC(=O)CC(NC)C(=O)c1ccc2c(c1)OCCO2. The second-order valence-corrected chi connectivity index (χ2v) is 4.57. The summed E-state index contributed by atoms with van der Waals surface area (Å²) < 4.78 is 15.7. The summed E-state index contributed by atoms with van der Waals surface area (Å²) >= 11 is 0. The quantitative estimate of drug-likeness (QED) is 0.627. The number of carbonyl (C=O) groups excluding carboxylic acids is 2. The Labute approximate surface area is 123 Å². The lowest BCUT2D eigenvalue weighted by Crippen LogP contribution is -2.36. The van der Waals surface area contributed by atoms with Crippen molar-refractivity contribution in [3.63, 3.8) is 0 Å². The van der Waals surface area contributed by atoms with Crippen molar-refractivity contribution >= 4 is 11.8 Å². The molecule has 0 saturated carbocycles. The number of ketones is 1. The van der Waals surface area contributed by atoms with Crippen molar-refractivity contribution in [3.05, 3.63) is 23.8 Å². The van der Waals surface area contributed by atoms with Crippen LogP contribution in [0.1, 0.15) is 23.7 Å². The second-order valence-electron chi connectivity index (χ2n) is 4.57. The minimum Gasteiger partial charge on any atom is -0.486 e. The van der Waals surface area contributed by atoms with Gasteiger partial charge in [-0.25, -0.2) is 0 Å². The average molecular weight is 293 g/mol. The summed E-state index contributed by atoms with van der Waals surface area (Å²) in [5, 5.41) is 2.85. The van der Waals surface area contributed by atoms with Gasteiger partial charge in [0, 0.05) is 5.56 Å². The number of carbonyl (C=O) groups is 2. The smallest absolute Gasteiger partial charge is 0.307 e. The van der Waals surface area contributed by atoms with Gasteiger partial charge in [-0.1, -0.05) is 0 Å². The number of fused-ring (bicyclic) bond motifs is 1. The van der Waals surface area contributed by atoms with E-state index >= 15 is 0 Å². The Morgan fingerprint density at radius 3 is 2.67 bits per heavy atom. The maximum Gasteiger partial charge on any atom is 0.307 e. The number of nitrogens with one attached hydrogen (secondary N) is 1. The molecule has 0 bridgehead atoms. The third-order valence-electron chi connectivity index (χ3n) is 3.17. The van der Waals surface area contributed by atoms with Crippen molar-refractivity contribution in [1.82, 2.24) is 5.32 Å². The summed E-state index contributed by atoms with van der Waals surface area (Å²) in [5.41, 5.74) is 0.475. The Morgan fingerprint density at radius 1 is 1.29 bits per heavy atom. The molecular formula is C15H19NO5. The zero-order chi connectivity index (χ0) is 15.2. The highest BCUT2D eigenvalue weighted by Gasteiger charge is 2.24. The zero-order valence-electron chi connectivity index (χ0n) is 12.2. The highest BCUT2D eigenvalue weighted by atomic mass is 16.6. The molecule has 1 N–H and O–H groups in total. The fraction of sp³-hybridized carbons (Fsp3) is 0.467. The molecule has 1 atom stereocenters. The van der Waals surface area contributed by atoms with E-state index in [0.717, 1.165) is 0 Å². The number of rotatable bonds is 6. The summed E-state index contributed by atoms with van der Waals surface area (Å²) in [6, 6.07) is 4.41. The van der Waals surface area contributed by atoms with Gasteiger partial charge < -0.3 is 19.5 Å². The Balaban J connectivity index is 2.11. The molecule has 0 saturated heterocycles. The second kappa shape index (κ2) is 7.08. The Bertz CT molecular complexity index is 529. The lowest BCUT2D eigenvalue weighted by molar-refractivity contribution is -0.143. The molecule has 1 unspecified atom stereocenters. The number of esters is 1. The monoisotopic (exact) mass is 293 g/mol. The van der Waals surface area contributed by atoms with Crippen LogP contribution in [0.5, 0.6) is 11.5 Å². The highest BCUT2D eigenvalue weighted by molar-refractivity contribution is 6.02. The van der Waals surface area contributed by atoms with Crippen molar-refractivity contribution in [2.24, 2.45) is 0 Å². The van der Waals surface area contributed by atoms with Crippen LogP contribution in [-0.4, -0.2) is 44.7 Å². The van der Waals surface area contributed by atoms with Crippen LogP contribution in [0.4, 0.5) is 0 Å². The Hall–Kier alpha value is -2.08. The standard InChI is InChI=1S/C15H19NO5/c1-3-19-14(17)9-11(16-2)15(18)10-4-5-12-13(8-10)21-7-6-20-12/h4-5,8,11,16H,3,6-7,9H2,1-2H3. The largest absolute Gasteiger partial charge is 0.486 e. The van der Waals surface area contributed by atoms with Gasteiger partial charge in [-0.05, 0) is 32.2 Å². The molecule has 0 aliphatic carbocycles. The van der Waals surface area contributed by atoms with Crippen molar-refractivity contribution in [2.75, 3.05) is 26.9 Å². The van der Waals surface area contributed by atoms with Gasteiger partial charge in [0.1, 0.15) is 13.2 Å². The van der Waals surface area contributed by atoms with Crippen LogP contribution < -0.4 is 14.8 Å². The number of benzene rings is 1. The van der Waals surface area contributed by atoms with E-state index in [1.807, 2.05) is 0 Å². The van der Waals surface area contributed by atoms with E-state index in [9.17, 15) is 9.59 Å². The van der Waals surface area contributed by atoms with Crippen molar-refractivity contribution in [2.45, 2.75) is 19.4 Å². The first-order valence-corrected chi connectivity index (χ1v) is 6.92. The molecule has 1 aromatic carbocycles. The predicted molar refractivity (Wildman–Crippen MR) is 75.9 cm³/mol. The summed E-state index contributed by atoms with van der Waals surface area (Å²) in [7, 11) is 1.64. The van der Waals surface area contributed by atoms with E-state index in [4.69, 9.17) is 14.2 Å². The molecular weight excluding hydrogens is 274 g/mol. The summed E-state index contributed by atoms with van der Waals surface area (Å²) in [4.78, 5) is 24.0. The highest BCUT2D eigenvalue weighted by Crippen LogP contribution is 2.31. The van der Waals surface area contributed by atoms with E-state index in [1.54, 1.807) is 32.2 Å². The van der Waals surface area contributed by atoms with Gasteiger partial charge in [0.15, 0.2) is 17.3 Å². The molecule has 21 heavy (non-hydrogen) atoms. The topological polar surface area (TPSA) is 73.9 Å². The zero-order valence-corrected chi connectivity index (χ0v) is 12.2. The predicted octanol–water partition coefficient (Wildman–Crippen LogP) is 1.18. The van der Waals surface area contributed by atoms with Gasteiger partial charge in [-0.3, -0.25) is 9.59 Å². The molecule has 0 amide bonds. The van der Waals surface area contributed by atoms with Gasteiger partial charge in [0.05, 0.1) is 19.1 Å². The number of likely N-dealkylation sites (N-methyl/N-ethyl adjacent to an activating group) is 1. The van der Waals surface area contributed by atoms with E-state index in [-0.39, 0.29) is 12.2 Å². The van der Waals surface area contributed by atoms with E-state index < -0.39 is 12.0 Å². The van der Waals surface area contributed by atoms with E-state index in [0.29, 0.717) is 36.9 Å². The van der Waals surface area contributed by atoms with E-state index in [2.05, 4.69) is 5.32 Å². The molecule has 1 aliphatic rings. The maximum absolute atomic E-state index is 12.4. The van der Waals surface area contributed by atoms with Crippen LogP contribution in [-0.2, 0) is 9.53 Å². The molecule has 114 valence electrons. The molecule has 0 aromatic heterocycles. The molecule has 0 fully saturated rings. The Morgan fingerprint density at radius 2 is 2.00 bits per heavy atom. The molecule has 1 heterocycles. The normalized spacial score (nSPS) is 14.4. The summed E-state index contributed by atoms with van der Waals surface area (Å²) in [6.45, 7) is 2.99. The lowest BCUT2D eigenvalue weighted by atomic mass is 10.0. The van der Waals surface area contributed by atoms with Crippen LogP contribution in [0.2, 0.25) is 0 Å². The first kappa shape index (κ1) is 15.3.